The van der Waals surface area contributed by atoms with Gasteiger partial charge < -0.3 is 4.74 Å². The molecule has 0 aliphatic rings. The van der Waals surface area contributed by atoms with Crippen LogP contribution in [0.4, 0.5) is 0 Å². The van der Waals surface area contributed by atoms with Crippen LogP contribution in [-0.4, -0.2) is 29.1 Å². The van der Waals surface area contributed by atoms with Crippen molar-refractivity contribution in [3.63, 3.8) is 0 Å². The number of thiophene rings is 1. The Morgan fingerprint density at radius 2 is 2.26 bits per heavy atom. The lowest BCUT2D eigenvalue weighted by Gasteiger charge is -2.04. The number of Topliss-reactive ketones (excluding diaryl/α,β-unsaturated/α-hetero) is 1. The number of hydrogen-bond donors (Lipinski definition) is 0. The summed E-state index contributed by atoms with van der Waals surface area (Å²) in [5.74, 6) is -0.0224. The number of rotatable bonds is 5. The molecule has 0 N–H and O–H groups in total. The van der Waals surface area contributed by atoms with E-state index in [-0.39, 0.29) is 11.3 Å². The van der Waals surface area contributed by atoms with Crippen LogP contribution in [0.5, 0.6) is 0 Å². The highest BCUT2D eigenvalue weighted by Crippen LogP contribution is 2.26. The number of carbonyl (C=O) groups is 1. The van der Waals surface area contributed by atoms with Crippen molar-refractivity contribution in [2.24, 2.45) is 0 Å². The van der Waals surface area contributed by atoms with E-state index >= 15 is 0 Å². The van der Waals surface area contributed by atoms with E-state index in [0.29, 0.717) is 28.2 Å². The Hall–Kier alpha value is -1.53. The van der Waals surface area contributed by atoms with E-state index in [0.717, 1.165) is 12.0 Å². The third-order valence-corrected chi connectivity index (χ3v) is 4.29. The molecule has 0 unspecified atom stereocenters. The predicted molar refractivity (Wildman–Crippen MR) is 75.1 cm³/mol. The SMILES string of the molecule is COCCCn1cnc2sc(C(C)=O)c(C)c2c1=O. The van der Waals surface area contributed by atoms with Gasteiger partial charge in [0.15, 0.2) is 5.78 Å². The summed E-state index contributed by atoms with van der Waals surface area (Å²) in [4.78, 5) is 29.4. The van der Waals surface area contributed by atoms with E-state index in [1.165, 1.54) is 18.3 Å². The molecule has 2 heterocycles. The van der Waals surface area contributed by atoms with Gasteiger partial charge in [0.05, 0.1) is 16.6 Å². The van der Waals surface area contributed by atoms with Crippen LogP contribution in [0.2, 0.25) is 0 Å². The van der Waals surface area contributed by atoms with Crippen LogP contribution < -0.4 is 5.56 Å². The maximum absolute atomic E-state index is 12.4. The van der Waals surface area contributed by atoms with Gasteiger partial charge in [-0.3, -0.25) is 14.2 Å². The molecule has 0 bridgehead atoms. The van der Waals surface area contributed by atoms with Gasteiger partial charge in [-0.1, -0.05) is 0 Å². The molecule has 2 aromatic heterocycles. The van der Waals surface area contributed by atoms with Crippen LogP contribution in [0.1, 0.15) is 28.6 Å². The summed E-state index contributed by atoms with van der Waals surface area (Å²) < 4.78 is 6.55. The lowest BCUT2D eigenvalue weighted by molar-refractivity contribution is 0.102. The van der Waals surface area contributed by atoms with Gasteiger partial charge >= 0.3 is 0 Å². The normalized spacial score (nSPS) is 11.1. The van der Waals surface area contributed by atoms with Gasteiger partial charge in [-0.15, -0.1) is 11.3 Å². The molecule has 6 heteroatoms. The number of methoxy groups -OCH3 is 1. The third-order valence-electron chi connectivity index (χ3n) is 2.98. The van der Waals surface area contributed by atoms with Gasteiger partial charge in [-0.2, -0.15) is 0 Å². The quantitative estimate of drug-likeness (QED) is 0.621. The van der Waals surface area contributed by atoms with E-state index in [2.05, 4.69) is 4.98 Å². The van der Waals surface area contributed by atoms with Gasteiger partial charge in [0, 0.05) is 20.3 Å². The Kier molecular flexibility index (Phi) is 4.11. The molecule has 0 amide bonds. The van der Waals surface area contributed by atoms with Crippen LogP contribution >= 0.6 is 11.3 Å². The van der Waals surface area contributed by atoms with Crippen LogP contribution in [0.3, 0.4) is 0 Å². The van der Waals surface area contributed by atoms with Gasteiger partial charge in [0.1, 0.15) is 4.83 Å². The fourth-order valence-corrected chi connectivity index (χ4v) is 3.07. The molecule has 0 atom stereocenters. The van der Waals surface area contributed by atoms with Crippen molar-refractivity contribution in [3.8, 4) is 0 Å². The number of ketones is 1. The average Bonchev–Trinajstić information content (AvgIpc) is 2.71. The molecule has 0 aromatic carbocycles. The summed E-state index contributed by atoms with van der Waals surface area (Å²) >= 11 is 1.28. The first-order chi connectivity index (χ1) is 9.06. The first kappa shape index (κ1) is 13.9. The Morgan fingerprint density at radius 3 is 2.89 bits per heavy atom. The fraction of sp³-hybridized carbons (Fsp3) is 0.462. The molecule has 0 fully saturated rings. The van der Waals surface area contributed by atoms with Gasteiger partial charge in [-0.05, 0) is 25.8 Å². The zero-order valence-corrected chi connectivity index (χ0v) is 12.0. The molecule has 2 aromatic rings. The van der Waals surface area contributed by atoms with Crippen molar-refractivity contribution in [2.75, 3.05) is 13.7 Å². The van der Waals surface area contributed by atoms with E-state index in [9.17, 15) is 9.59 Å². The van der Waals surface area contributed by atoms with Crippen molar-refractivity contribution >= 4 is 27.3 Å². The summed E-state index contributed by atoms with van der Waals surface area (Å²) in [7, 11) is 1.63. The molecule has 102 valence electrons. The fourth-order valence-electron chi connectivity index (χ4n) is 2.03. The molecule has 0 saturated heterocycles. The highest BCUT2D eigenvalue weighted by atomic mass is 32.1. The lowest BCUT2D eigenvalue weighted by atomic mass is 10.2. The Bertz CT molecular complexity index is 672. The number of carbonyl (C=O) groups excluding carboxylic acids is 1. The largest absolute Gasteiger partial charge is 0.385 e. The monoisotopic (exact) mass is 280 g/mol. The van der Waals surface area contributed by atoms with Crippen LogP contribution in [0.25, 0.3) is 10.2 Å². The number of aromatic nitrogens is 2. The van der Waals surface area contributed by atoms with Crippen LogP contribution in [0, 0.1) is 6.92 Å². The molecular formula is C13H16N2O3S. The minimum absolute atomic E-state index is 0.0224. The maximum Gasteiger partial charge on any atom is 0.262 e. The smallest absolute Gasteiger partial charge is 0.262 e. The molecule has 0 saturated carbocycles. The predicted octanol–water partition coefficient (Wildman–Crippen LogP) is 2.01. The van der Waals surface area contributed by atoms with Crippen molar-refractivity contribution in [2.45, 2.75) is 26.8 Å². The molecular weight excluding hydrogens is 264 g/mol. The molecule has 5 nitrogen and oxygen atoms in total. The molecule has 0 radical (unpaired) electrons. The molecule has 0 aliphatic carbocycles. The summed E-state index contributed by atoms with van der Waals surface area (Å²) in [6.07, 6.45) is 2.30. The average molecular weight is 280 g/mol. The number of nitrogens with zero attached hydrogens (tertiary/aromatic N) is 2. The Labute approximate surface area is 114 Å². The van der Waals surface area contributed by atoms with E-state index in [1.54, 1.807) is 24.9 Å². The van der Waals surface area contributed by atoms with Crippen molar-refractivity contribution in [1.82, 2.24) is 9.55 Å². The first-order valence-electron chi connectivity index (χ1n) is 6.04. The minimum Gasteiger partial charge on any atom is -0.385 e. The Balaban J connectivity index is 2.49. The molecule has 0 spiro atoms. The number of hydrogen-bond acceptors (Lipinski definition) is 5. The van der Waals surface area contributed by atoms with Gasteiger partial charge in [0.25, 0.3) is 5.56 Å². The second kappa shape index (κ2) is 5.63. The molecule has 0 aliphatic heterocycles. The topological polar surface area (TPSA) is 61.2 Å². The van der Waals surface area contributed by atoms with Crippen LogP contribution in [-0.2, 0) is 11.3 Å². The van der Waals surface area contributed by atoms with Gasteiger partial charge in [0.2, 0.25) is 0 Å². The Morgan fingerprint density at radius 1 is 1.53 bits per heavy atom. The zero-order chi connectivity index (χ0) is 14.0. The van der Waals surface area contributed by atoms with Crippen molar-refractivity contribution < 1.29 is 9.53 Å². The van der Waals surface area contributed by atoms with E-state index in [4.69, 9.17) is 4.74 Å². The molecule has 19 heavy (non-hydrogen) atoms. The van der Waals surface area contributed by atoms with E-state index in [1.807, 2.05) is 0 Å². The summed E-state index contributed by atoms with van der Waals surface area (Å²) in [5.41, 5.74) is 0.661. The summed E-state index contributed by atoms with van der Waals surface area (Å²) in [6, 6.07) is 0. The summed E-state index contributed by atoms with van der Waals surface area (Å²) in [6.45, 7) is 4.49. The summed E-state index contributed by atoms with van der Waals surface area (Å²) in [5, 5.41) is 0.565. The maximum atomic E-state index is 12.4. The van der Waals surface area contributed by atoms with Crippen molar-refractivity contribution in [1.29, 1.82) is 0 Å². The second-order valence-corrected chi connectivity index (χ2v) is 5.38. The second-order valence-electron chi connectivity index (χ2n) is 4.38. The first-order valence-corrected chi connectivity index (χ1v) is 6.86. The van der Waals surface area contributed by atoms with Crippen LogP contribution in [0.15, 0.2) is 11.1 Å². The standard InChI is InChI=1S/C13H16N2O3S/c1-8-10-12(19-11(8)9(2)16)14-7-15(13(10)17)5-4-6-18-3/h7H,4-6H2,1-3H3. The number of fused-ring (bicyclic) bond motifs is 1. The third kappa shape index (κ3) is 2.59. The number of ether oxygens (including phenoxy) is 1. The molecule has 2 rings (SSSR count). The number of aryl methyl sites for hydroxylation is 2. The van der Waals surface area contributed by atoms with Gasteiger partial charge in [-0.25, -0.2) is 4.98 Å². The highest BCUT2D eigenvalue weighted by Gasteiger charge is 2.16. The van der Waals surface area contributed by atoms with E-state index < -0.39 is 0 Å². The lowest BCUT2D eigenvalue weighted by Crippen LogP contribution is -2.21. The zero-order valence-electron chi connectivity index (χ0n) is 11.2. The highest BCUT2D eigenvalue weighted by molar-refractivity contribution is 7.20. The minimum atomic E-state index is -0.0812. The van der Waals surface area contributed by atoms with Crippen molar-refractivity contribution in [3.05, 3.63) is 27.1 Å².